The van der Waals surface area contributed by atoms with Crippen LogP contribution < -0.4 is 10.1 Å². The zero-order valence-corrected chi connectivity index (χ0v) is 17.8. The summed E-state index contributed by atoms with van der Waals surface area (Å²) in [6.45, 7) is 6.18. The van der Waals surface area contributed by atoms with E-state index in [0.717, 1.165) is 25.1 Å². The van der Waals surface area contributed by atoms with Crippen LogP contribution in [0.5, 0.6) is 5.75 Å². The van der Waals surface area contributed by atoms with Gasteiger partial charge in [0, 0.05) is 17.9 Å². The van der Waals surface area contributed by atoms with Crippen molar-refractivity contribution in [2.75, 3.05) is 20.2 Å². The number of nitrogens with one attached hydrogen (secondary N) is 1. The van der Waals surface area contributed by atoms with Crippen LogP contribution in [-0.4, -0.2) is 44.0 Å². The standard InChI is InChI=1S/C24H33NO4/c1-15-7-6-11-23(2)13-19-20(21-24(15,23)29-21)17(22(26)28-19)14-25-12-10-16-8-4-5-9-18(16)27-3/h4-5,8-9,15,17,19-21,25H,6-7,10-14H2,1-3H3/t15-,17+,19+,20+,21-,23+,24-/m0/s1. The first-order valence-corrected chi connectivity index (χ1v) is 11.2. The first-order chi connectivity index (χ1) is 14.0. The molecular weight excluding hydrogens is 366 g/mol. The van der Waals surface area contributed by atoms with Crippen LogP contribution in [0.3, 0.4) is 0 Å². The summed E-state index contributed by atoms with van der Waals surface area (Å²) in [6.07, 6.45) is 5.74. The van der Waals surface area contributed by atoms with Gasteiger partial charge in [-0.25, -0.2) is 0 Å². The fraction of sp³-hybridized carbons (Fsp3) is 0.708. The number of rotatable bonds is 6. The number of fused-ring (bicyclic) bond motifs is 2. The summed E-state index contributed by atoms with van der Waals surface area (Å²) in [7, 11) is 1.70. The lowest BCUT2D eigenvalue weighted by molar-refractivity contribution is -0.146. The van der Waals surface area contributed by atoms with E-state index in [1.165, 1.54) is 24.8 Å². The van der Waals surface area contributed by atoms with Crippen LogP contribution in [0.25, 0.3) is 0 Å². The fourth-order valence-electron chi connectivity index (χ4n) is 6.86. The van der Waals surface area contributed by atoms with Gasteiger partial charge < -0.3 is 19.5 Å². The molecule has 7 atom stereocenters. The molecule has 5 nitrogen and oxygen atoms in total. The monoisotopic (exact) mass is 399 g/mol. The first kappa shape index (κ1) is 19.4. The van der Waals surface area contributed by atoms with Crippen LogP contribution in [0.2, 0.25) is 0 Å². The van der Waals surface area contributed by atoms with E-state index < -0.39 is 0 Å². The molecule has 0 bridgehead atoms. The second-order valence-corrected chi connectivity index (χ2v) is 9.81. The zero-order chi connectivity index (χ0) is 20.2. The third-order valence-corrected chi connectivity index (χ3v) is 8.32. The van der Waals surface area contributed by atoms with E-state index in [2.05, 4.69) is 25.2 Å². The third-order valence-electron chi connectivity index (χ3n) is 8.32. The van der Waals surface area contributed by atoms with Gasteiger partial charge in [-0.2, -0.15) is 0 Å². The van der Waals surface area contributed by atoms with Crippen LogP contribution in [0.4, 0.5) is 0 Å². The Morgan fingerprint density at radius 2 is 2.14 bits per heavy atom. The lowest BCUT2D eigenvalue weighted by Crippen LogP contribution is -2.54. The number of benzene rings is 1. The largest absolute Gasteiger partial charge is 0.496 e. The van der Waals surface area contributed by atoms with E-state index >= 15 is 0 Å². The van der Waals surface area contributed by atoms with Crippen LogP contribution in [-0.2, 0) is 20.7 Å². The maximum atomic E-state index is 12.7. The second kappa shape index (κ2) is 6.98. The number of carbonyl (C=O) groups excluding carboxylic acids is 1. The minimum Gasteiger partial charge on any atom is -0.496 e. The average Bonchev–Trinajstić information content (AvgIpc) is 3.39. The van der Waals surface area contributed by atoms with Gasteiger partial charge in [0.15, 0.2) is 0 Å². The summed E-state index contributed by atoms with van der Waals surface area (Å²) in [5, 5.41) is 3.51. The molecule has 5 heteroatoms. The van der Waals surface area contributed by atoms with E-state index in [-0.39, 0.29) is 41.0 Å². The minimum atomic E-state index is -0.0966. The normalized spacial score (nSPS) is 42.4. The van der Waals surface area contributed by atoms with Crippen LogP contribution in [0.1, 0.15) is 45.1 Å². The van der Waals surface area contributed by atoms with E-state index in [0.29, 0.717) is 12.5 Å². The molecule has 158 valence electrons. The molecule has 29 heavy (non-hydrogen) atoms. The number of hydrogen-bond donors (Lipinski definition) is 1. The van der Waals surface area contributed by atoms with Gasteiger partial charge in [-0.3, -0.25) is 4.79 Å². The summed E-state index contributed by atoms with van der Waals surface area (Å²) >= 11 is 0. The third kappa shape index (κ3) is 2.84. The van der Waals surface area contributed by atoms with Crippen LogP contribution in [0.15, 0.2) is 24.3 Å². The molecular formula is C24H33NO4. The highest BCUT2D eigenvalue weighted by Gasteiger charge is 2.78. The molecule has 0 aromatic heterocycles. The highest BCUT2D eigenvalue weighted by Crippen LogP contribution is 2.70. The summed E-state index contributed by atoms with van der Waals surface area (Å²) in [5.74, 6) is 1.56. The lowest BCUT2D eigenvalue weighted by Gasteiger charge is -2.48. The first-order valence-electron chi connectivity index (χ1n) is 11.2. The lowest BCUT2D eigenvalue weighted by atomic mass is 9.53. The van der Waals surface area contributed by atoms with E-state index in [1.54, 1.807) is 7.11 Å². The van der Waals surface area contributed by atoms with Gasteiger partial charge in [0.25, 0.3) is 0 Å². The number of epoxide rings is 1. The van der Waals surface area contributed by atoms with Crippen molar-refractivity contribution in [2.45, 2.75) is 63.8 Å². The molecule has 1 aromatic carbocycles. The number of methoxy groups -OCH3 is 1. The topological polar surface area (TPSA) is 60.1 Å². The molecule has 0 amide bonds. The number of carbonyl (C=O) groups is 1. The summed E-state index contributed by atoms with van der Waals surface area (Å²) < 4.78 is 17.8. The van der Waals surface area contributed by atoms with Crippen LogP contribution in [0, 0.1) is 23.2 Å². The van der Waals surface area contributed by atoms with Crippen molar-refractivity contribution in [3.8, 4) is 5.75 Å². The average molecular weight is 400 g/mol. The fourth-order valence-corrected chi connectivity index (χ4v) is 6.86. The van der Waals surface area contributed by atoms with Crippen molar-refractivity contribution in [2.24, 2.45) is 23.2 Å². The van der Waals surface area contributed by atoms with Crippen molar-refractivity contribution >= 4 is 5.97 Å². The Balaban J connectivity index is 1.24. The van der Waals surface area contributed by atoms with Gasteiger partial charge in [0.1, 0.15) is 17.5 Å². The summed E-state index contributed by atoms with van der Waals surface area (Å²) in [4.78, 5) is 12.7. The highest BCUT2D eigenvalue weighted by atomic mass is 16.6. The quantitative estimate of drug-likeness (QED) is 0.452. The molecule has 2 aliphatic heterocycles. The van der Waals surface area contributed by atoms with E-state index in [9.17, 15) is 4.79 Å². The van der Waals surface area contributed by atoms with Gasteiger partial charge >= 0.3 is 5.97 Å². The molecule has 1 N–H and O–H groups in total. The molecule has 2 saturated heterocycles. The van der Waals surface area contributed by atoms with Crippen molar-refractivity contribution in [1.29, 1.82) is 0 Å². The van der Waals surface area contributed by atoms with Gasteiger partial charge in [0.05, 0.1) is 19.1 Å². The molecule has 1 spiro atoms. The SMILES string of the molecule is COc1ccccc1CCNC[C@H]1C(=O)O[C@@H]2C[C@@]3(C)CCC[C@H](C)[C@@]34O[C@H]4[C@@H]21. The number of para-hydroxylation sites is 1. The Labute approximate surface area is 173 Å². The summed E-state index contributed by atoms with van der Waals surface area (Å²) in [6, 6.07) is 8.10. The van der Waals surface area contributed by atoms with Crippen molar-refractivity contribution in [3.63, 3.8) is 0 Å². The minimum absolute atomic E-state index is 0.0178. The second-order valence-electron chi connectivity index (χ2n) is 9.81. The Morgan fingerprint density at radius 1 is 1.31 bits per heavy atom. The Morgan fingerprint density at radius 3 is 2.97 bits per heavy atom. The molecule has 0 unspecified atom stereocenters. The van der Waals surface area contributed by atoms with Crippen LogP contribution >= 0.6 is 0 Å². The molecule has 0 radical (unpaired) electrons. The van der Waals surface area contributed by atoms with Gasteiger partial charge in [0.2, 0.25) is 0 Å². The smallest absolute Gasteiger partial charge is 0.311 e. The van der Waals surface area contributed by atoms with E-state index in [4.69, 9.17) is 14.2 Å². The molecule has 1 aromatic rings. The molecule has 4 aliphatic rings. The zero-order valence-electron chi connectivity index (χ0n) is 17.8. The number of ether oxygens (including phenoxy) is 3. The predicted molar refractivity (Wildman–Crippen MR) is 110 cm³/mol. The number of esters is 1. The summed E-state index contributed by atoms with van der Waals surface area (Å²) in [5.41, 5.74) is 1.32. The Kier molecular flexibility index (Phi) is 4.67. The maximum absolute atomic E-state index is 12.7. The molecule has 5 rings (SSSR count). The molecule has 2 aliphatic carbocycles. The number of hydrogen-bond acceptors (Lipinski definition) is 5. The van der Waals surface area contributed by atoms with E-state index in [1.807, 2.05) is 18.2 Å². The maximum Gasteiger partial charge on any atom is 0.311 e. The molecule has 2 saturated carbocycles. The molecule has 4 fully saturated rings. The van der Waals surface area contributed by atoms with Crippen molar-refractivity contribution in [1.82, 2.24) is 5.32 Å². The molecule has 2 heterocycles. The van der Waals surface area contributed by atoms with Crippen molar-refractivity contribution < 1.29 is 19.0 Å². The van der Waals surface area contributed by atoms with Crippen molar-refractivity contribution in [3.05, 3.63) is 29.8 Å². The predicted octanol–water partition coefficient (Wildman–Crippen LogP) is 3.35. The van der Waals surface area contributed by atoms with Gasteiger partial charge in [-0.15, -0.1) is 0 Å². The van der Waals surface area contributed by atoms with Gasteiger partial charge in [-0.05, 0) is 49.8 Å². The Bertz CT molecular complexity index is 797. The Hall–Kier alpha value is -1.59. The highest BCUT2D eigenvalue weighted by molar-refractivity contribution is 5.76. The van der Waals surface area contributed by atoms with Gasteiger partial charge in [-0.1, -0.05) is 38.5 Å².